The third-order valence-electron chi connectivity index (χ3n) is 13.4. The molecular weight excluding hydrogens is 901 g/mol. The molecule has 0 aromatic heterocycles. The van der Waals surface area contributed by atoms with Gasteiger partial charge in [-0.1, -0.05) is 273 Å². The minimum Gasteiger partial charge on any atom is -0.462 e. The summed E-state index contributed by atoms with van der Waals surface area (Å²) in [5.41, 5.74) is 0. The summed E-state index contributed by atoms with van der Waals surface area (Å²) >= 11 is 0. The maximum atomic E-state index is 12.9. The number of carbonyl (C=O) groups is 3. The van der Waals surface area contributed by atoms with E-state index in [9.17, 15) is 14.4 Å². The summed E-state index contributed by atoms with van der Waals surface area (Å²) in [7, 11) is 0. The number of rotatable bonds is 56. The summed E-state index contributed by atoms with van der Waals surface area (Å²) in [5.74, 6) is -0.899. The first kappa shape index (κ1) is 69.6. The lowest BCUT2D eigenvalue weighted by Crippen LogP contribution is -2.30. The van der Waals surface area contributed by atoms with Crippen molar-refractivity contribution in [2.75, 3.05) is 13.2 Å². The van der Waals surface area contributed by atoms with E-state index in [1.54, 1.807) is 0 Å². The average Bonchev–Trinajstić information content (AvgIpc) is 3.39. The smallest absolute Gasteiger partial charge is 0.306 e. The second-order valence-corrected chi connectivity index (χ2v) is 20.6. The lowest BCUT2D eigenvalue weighted by Gasteiger charge is -2.18. The molecule has 0 aliphatic carbocycles. The Hall–Kier alpha value is -3.41. The van der Waals surface area contributed by atoms with Gasteiger partial charge in [-0.3, -0.25) is 14.4 Å². The molecule has 0 aliphatic rings. The molecule has 0 bridgehead atoms. The zero-order valence-electron chi connectivity index (χ0n) is 48.1. The average molecular weight is 1020 g/mol. The van der Waals surface area contributed by atoms with E-state index in [1.807, 2.05) is 0 Å². The first-order chi connectivity index (χ1) is 36.0. The molecule has 0 amide bonds. The zero-order chi connectivity index (χ0) is 52.9. The van der Waals surface area contributed by atoms with Crippen LogP contribution in [0.25, 0.3) is 0 Å². The Morgan fingerprint density at radius 2 is 0.534 bits per heavy atom. The van der Waals surface area contributed by atoms with Crippen LogP contribution in [0, 0.1) is 0 Å². The van der Waals surface area contributed by atoms with Crippen molar-refractivity contribution < 1.29 is 28.6 Å². The molecule has 0 aromatic carbocycles. The van der Waals surface area contributed by atoms with Gasteiger partial charge < -0.3 is 14.2 Å². The van der Waals surface area contributed by atoms with Crippen LogP contribution in [-0.4, -0.2) is 37.2 Å². The summed E-state index contributed by atoms with van der Waals surface area (Å²) in [6.07, 6.45) is 80.0. The number of unbranched alkanes of at least 4 members (excludes halogenated alkanes) is 31. The Morgan fingerprint density at radius 1 is 0.288 bits per heavy atom. The normalized spacial score (nSPS) is 12.6. The number of hydrogen-bond donors (Lipinski definition) is 0. The van der Waals surface area contributed by atoms with Crippen LogP contribution in [0.1, 0.15) is 303 Å². The molecule has 0 aliphatic heterocycles. The van der Waals surface area contributed by atoms with Gasteiger partial charge in [-0.2, -0.15) is 0 Å². The SMILES string of the molecule is CC/C=C\C/C=C\C/C=C\C/C=C\C/C=C\C/C=C\CCCCCCC(=O)OCC(COC(=O)CCCCCCCCCCCCCCC)OC(=O)CCCCCCCCCCC/C=C\CCCCCCCC. The van der Waals surface area contributed by atoms with Gasteiger partial charge in [0.05, 0.1) is 0 Å². The maximum absolute atomic E-state index is 12.9. The van der Waals surface area contributed by atoms with E-state index in [2.05, 4.69) is 106 Å². The van der Waals surface area contributed by atoms with Crippen LogP contribution in [0.4, 0.5) is 0 Å². The summed E-state index contributed by atoms with van der Waals surface area (Å²) < 4.78 is 16.9. The molecule has 0 spiro atoms. The minimum atomic E-state index is -0.788. The zero-order valence-corrected chi connectivity index (χ0v) is 48.1. The van der Waals surface area contributed by atoms with Gasteiger partial charge in [0.15, 0.2) is 6.10 Å². The van der Waals surface area contributed by atoms with Gasteiger partial charge in [0, 0.05) is 19.3 Å². The van der Waals surface area contributed by atoms with Crippen molar-refractivity contribution in [1.29, 1.82) is 0 Å². The first-order valence-corrected chi connectivity index (χ1v) is 31.1. The van der Waals surface area contributed by atoms with Crippen molar-refractivity contribution in [2.24, 2.45) is 0 Å². The molecule has 0 saturated carbocycles. The summed E-state index contributed by atoms with van der Waals surface area (Å²) in [5, 5.41) is 0. The molecule has 6 heteroatoms. The fraction of sp³-hybridized carbons (Fsp3) is 0.746. The van der Waals surface area contributed by atoms with E-state index in [1.165, 1.54) is 154 Å². The molecule has 0 fully saturated rings. The monoisotopic (exact) mass is 1020 g/mol. The second-order valence-electron chi connectivity index (χ2n) is 20.6. The van der Waals surface area contributed by atoms with Crippen molar-refractivity contribution >= 4 is 17.9 Å². The van der Waals surface area contributed by atoms with Gasteiger partial charge in [-0.25, -0.2) is 0 Å². The van der Waals surface area contributed by atoms with E-state index in [0.29, 0.717) is 19.3 Å². The Labute approximate surface area is 452 Å². The molecule has 0 radical (unpaired) electrons. The molecular formula is C67H116O6. The van der Waals surface area contributed by atoms with Crippen LogP contribution < -0.4 is 0 Å². The lowest BCUT2D eigenvalue weighted by atomic mass is 10.0. The van der Waals surface area contributed by atoms with Gasteiger partial charge in [-0.15, -0.1) is 0 Å². The fourth-order valence-electron chi connectivity index (χ4n) is 8.74. The van der Waals surface area contributed by atoms with Crippen molar-refractivity contribution in [1.82, 2.24) is 0 Å². The molecule has 6 nitrogen and oxygen atoms in total. The third kappa shape index (κ3) is 59.3. The van der Waals surface area contributed by atoms with Crippen LogP contribution in [0.3, 0.4) is 0 Å². The van der Waals surface area contributed by atoms with E-state index in [-0.39, 0.29) is 31.1 Å². The third-order valence-corrected chi connectivity index (χ3v) is 13.4. The predicted molar refractivity (Wildman–Crippen MR) is 316 cm³/mol. The number of ether oxygens (including phenoxy) is 3. The lowest BCUT2D eigenvalue weighted by molar-refractivity contribution is -0.167. The predicted octanol–water partition coefficient (Wildman–Crippen LogP) is 21.1. The molecule has 420 valence electrons. The number of carbonyl (C=O) groups excluding carboxylic acids is 3. The summed E-state index contributed by atoms with van der Waals surface area (Å²) in [6.45, 7) is 6.53. The van der Waals surface area contributed by atoms with Crippen LogP contribution in [0.2, 0.25) is 0 Å². The topological polar surface area (TPSA) is 78.9 Å². The standard InChI is InChI=1S/C67H116O6/c1-4-7-10-13-16-19-22-25-27-29-31-32-33-34-36-37-39-42-45-48-51-54-57-60-66(69)72-63-64(62-71-65(68)59-56-53-50-47-44-41-24-21-18-15-12-9-6-3)73-67(70)61-58-55-52-49-46-43-40-38-35-30-28-26-23-20-17-14-11-8-5-2/h7,10,16,19,25-28,31-32,34,36,39,42,64H,4-6,8-9,11-15,17-18,20-24,29-30,33,35,37-38,40-41,43-63H2,1-3H3/b10-7-,19-16-,27-25-,28-26-,32-31-,36-34-,42-39-. The molecule has 0 saturated heterocycles. The molecule has 73 heavy (non-hydrogen) atoms. The largest absolute Gasteiger partial charge is 0.462 e. The van der Waals surface area contributed by atoms with Crippen molar-refractivity contribution in [3.63, 3.8) is 0 Å². The number of esters is 3. The molecule has 0 heterocycles. The highest BCUT2D eigenvalue weighted by Crippen LogP contribution is 2.16. The van der Waals surface area contributed by atoms with E-state index >= 15 is 0 Å². The molecule has 1 atom stereocenters. The van der Waals surface area contributed by atoms with Gasteiger partial charge in [-0.05, 0) is 96.3 Å². The highest BCUT2D eigenvalue weighted by atomic mass is 16.6. The second kappa shape index (κ2) is 61.1. The highest BCUT2D eigenvalue weighted by molar-refractivity contribution is 5.71. The van der Waals surface area contributed by atoms with Gasteiger partial charge in [0.1, 0.15) is 13.2 Å². The minimum absolute atomic E-state index is 0.0830. The Balaban J connectivity index is 4.39. The fourth-order valence-corrected chi connectivity index (χ4v) is 8.74. The Kier molecular flexibility index (Phi) is 58.3. The molecule has 0 N–H and O–H groups in total. The van der Waals surface area contributed by atoms with Crippen molar-refractivity contribution in [3.05, 3.63) is 85.1 Å². The summed E-state index contributed by atoms with van der Waals surface area (Å²) in [4.78, 5) is 38.3. The quantitative estimate of drug-likeness (QED) is 0.0261. The van der Waals surface area contributed by atoms with Crippen LogP contribution in [0.5, 0.6) is 0 Å². The van der Waals surface area contributed by atoms with Crippen LogP contribution >= 0.6 is 0 Å². The molecule has 1 unspecified atom stereocenters. The Bertz CT molecular complexity index is 1400. The molecule has 0 aromatic rings. The van der Waals surface area contributed by atoms with Gasteiger partial charge in [0.25, 0.3) is 0 Å². The van der Waals surface area contributed by atoms with Crippen LogP contribution in [0.15, 0.2) is 85.1 Å². The van der Waals surface area contributed by atoms with Crippen LogP contribution in [-0.2, 0) is 28.6 Å². The van der Waals surface area contributed by atoms with Crippen molar-refractivity contribution in [3.8, 4) is 0 Å². The van der Waals surface area contributed by atoms with E-state index in [0.717, 1.165) is 109 Å². The number of allylic oxidation sites excluding steroid dienone is 14. The van der Waals surface area contributed by atoms with Gasteiger partial charge in [0.2, 0.25) is 0 Å². The maximum Gasteiger partial charge on any atom is 0.306 e. The number of hydrogen-bond acceptors (Lipinski definition) is 6. The first-order valence-electron chi connectivity index (χ1n) is 31.1. The Morgan fingerprint density at radius 3 is 0.849 bits per heavy atom. The van der Waals surface area contributed by atoms with E-state index in [4.69, 9.17) is 14.2 Å². The molecule has 0 rings (SSSR count). The van der Waals surface area contributed by atoms with Gasteiger partial charge >= 0.3 is 17.9 Å². The highest BCUT2D eigenvalue weighted by Gasteiger charge is 2.19. The summed E-state index contributed by atoms with van der Waals surface area (Å²) in [6, 6.07) is 0. The van der Waals surface area contributed by atoms with Crippen molar-refractivity contribution in [2.45, 2.75) is 309 Å². The van der Waals surface area contributed by atoms with E-state index < -0.39 is 6.10 Å².